The molecule has 0 unspecified atom stereocenters. The number of carbonyl (C=O) groups excluding carboxylic acids is 1. The summed E-state index contributed by atoms with van der Waals surface area (Å²) >= 11 is 1.54. The number of anilines is 2. The summed E-state index contributed by atoms with van der Waals surface area (Å²) in [5.41, 5.74) is 6.26. The first-order valence-corrected chi connectivity index (χ1v) is 11.7. The van der Waals surface area contributed by atoms with E-state index in [9.17, 15) is 4.79 Å². The third kappa shape index (κ3) is 4.16. The van der Waals surface area contributed by atoms with E-state index >= 15 is 4.39 Å². The average Bonchev–Trinajstić information content (AvgIpc) is 3.35. The van der Waals surface area contributed by atoms with Crippen LogP contribution in [0.15, 0.2) is 54.6 Å². The second-order valence-corrected chi connectivity index (χ2v) is 9.50. The molecule has 5 nitrogen and oxygen atoms in total. The van der Waals surface area contributed by atoms with Gasteiger partial charge in [-0.15, -0.1) is 0 Å². The normalized spacial score (nSPS) is 13.9. The Labute approximate surface area is 196 Å². The lowest BCUT2D eigenvalue weighted by Crippen LogP contribution is -2.31. The first kappa shape index (κ1) is 21.4. The third-order valence-electron chi connectivity index (χ3n) is 5.93. The Bertz CT molecular complexity index is 1350. The van der Waals surface area contributed by atoms with Gasteiger partial charge in [0.05, 0.1) is 10.2 Å². The molecule has 1 aliphatic rings. The number of halogens is 1. The van der Waals surface area contributed by atoms with Crippen LogP contribution in [0.2, 0.25) is 0 Å². The van der Waals surface area contributed by atoms with Gasteiger partial charge < -0.3 is 10.2 Å². The Morgan fingerprint density at radius 2 is 1.82 bits per heavy atom. The zero-order valence-electron chi connectivity index (χ0n) is 18.9. The Hall–Kier alpha value is -3.45. The van der Waals surface area contributed by atoms with E-state index in [0.29, 0.717) is 30.9 Å². The summed E-state index contributed by atoms with van der Waals surface area (Å²) < 4.78 is 16.1. The van der Waals surface area contributed by atoms with Crippen molar-refractivity contribution in [2.75, 3.05) is 30.4 Å². The van der Waals surface area contributed by atoms with E-state index in [1.807, 2.05) is 36.2 Å². The number of thiazole rings is 1. The Balaban J connectivity index is 1.36. The van der Waals surface area contributed by atoms with Crippen LogP contribution >= 0.6 is 11.3 Å². The molecule has 0 spiro atoms. The van der Waals surface area contributed by atoms with Crippen LogP contribution in [0.3, 0.4) is 0 Å². The van der Waals surface area contributed by atoms with Crippen molar-refractivity contribution in [2.45, 2.75) is 20.4 Å². The summed E-state index contributed by atoms with van der Waals surface area (Å²) in [5.74, 6) is -0.342. The summed E-state index contributed by atoms with van der Waals surface area (Å²) in [6.07, 6.45) is 0. The summed E-state index contributed by atoms with van der Waals surface area (Å²) in [6, 6.07) is 17.0. The van der Waals surface area contributed by atoms with Crippen molar-refractivity contribution in [1.82, 2.24) is 9.88 Å². The van der Waals surface area contributed by atoms with Gasteiger partial charge in [-0.05, 0) is 55.3 Å². The van der Waals surface area contributed by atoms with Gasteiger partial charge in [-0.2, -0.15) is 0 Å². The maximum Gasteiger partial charge on any atom is 0.324 e. The number of fused-ring (bicyclic) bond motifs is 1. The summed E-state index contributed by atoms with van der Waals surface area (Å²) in [5, 5.41) is 3.88. The van der Waals surface area contributed by atoms with Gasteiger partial charge in [0.25, 0.3) is 0 Å². The van der Waals surface area contributed by atoms with Gasteiger partial charge in [-0.1, -0.05) is 46.7 Å². The molecular weight excluding hydrogens is 435 g/mol. The van der Waals surface area contributed by atoms with Crippen LogP contribution in [-0.2, 0) is 6.54 Å². The Morgan fingerprint density at radius 3 is 2.55 bits per heavy atom. The number of aryl methyl sites for hydroxylation is 2. The molecule has 0 atom stereocenters. The molecular formula is C26H25FN4OS. The molecule has 168 valence electrons. The molecule has 0 radical (unpaired) electrons. The minimum Gasteiger partial charge on any atom is -0.365 e. The fourth-order valence-electron chi connectivity index (χ4n) is 4.45. The molecule has 0 aliphatic carbocycles. The van der Waals surface area contributed by atoms with Crippen LogP contribution in [0.4, 0.5) is 20.0 Å². The minimum absolute atomic E-state index is 0.0908. The molecule has 5 rings (SSSR count). The molecule has 4 aromatic rings. The maximum absolute atomic E-state index is 15.1. The number of aromatic nitrogens is 1. The molecule has 33 heavy (non-hydrogen) atoms. The lowest BCUT2D eigenvalue weighted by Gasteiger charge is -2.20. The maximum atomic E-state index is 15.1. The fraction of sp³-hybridized carbons (Fsp3) is 0.231. The molecule has 1 aromatic heterocycles. The molecule has 0 bridgehead atoms. The van der Waals surface area contributed by atoms with E-state index in [1.54, 1.807) is 11.0 Å². The second-order valence-electron chi connectivity index (χ2n) is 8.47. The van der Waals surface area contributed by atoms with Crippen molar-refractivity contribution in [3.8, 4) is 11.1 Å². The van der Waals surface area contributed by atoms with Gasteiger partial charge in [0.1, 0.15) is 5.82 Å². The highest BCUT2D eigenvalue weighted by atomic mass is 32.1. The first-order chi connectivity index (χ1) is 15.9. The van der Waals surface area contributed by atoms with Gasteiger partial charge in [0.15, 0.2) is 5.13 Å². The summed E-state index contributed by atoms with van der Waals surface area (Å²) in [6.45, 7) is 5.84. The average molecular weight is 461 g/mol. The van der Waals surface area contributed by atoms with Crippen LogP contribution < -0.4 is 10.2 Å². The van der Waals surface area contributed by atoms with E-state index in [-0.39, 0.29) is 11.8 Å². The quantitative estimate of drug-likeness (QED) is 0.386. The SMILES string of the molecule is CNc1nc2ccc(-c3ccc(N4CCN(Cc5cc(C)cc(C)c5)C4=O)cc3F)cc2s1. The number of rotatable bonds is 5. The molecule has 2 heterocycles. The van der Waals surface area contributed by atoms with E-state index in [2.05, 4.69) is 42.3 Å². The third-order valence-corrected chi connectivity index (χ3v) is 6.96. The van der Waals surface area contributed by atoms with E-state index in [0.717, 1.165) is 26.5 Å². The predicted molar refractivity (Wildman–Crippen MR) is 134 cm³/mol. The molecule has 1 aliphatic heterocycles. The molecule has 7 heteroatoms. The minimum atomic E-state index is -0.342. The highest BCUT2D eigenvalue weighted by molar-refractivity contribution is 7.22. The number of benzene rings is 3. The van der Waals surface area contributed by atoms with Gasteiger partial charge in [-0.25, -0.2) is 14.2 Å². The van der Waals surface area contributed by atoms with Gasteiger partial charge in [0, 0.05) is 37.9 Å². The van der Waals surface area contributed by atoms with Crippen LogP contribution in [0.5, 0.6) is 0 Å². The van der Waals surface area contributed by atoms with E-state index < -0.39 is 0 Å². The molecule has 1 N–H and O–H groups in total. The van der Waals surface area contributed by atoms with E-state index in [1.165, 1.54) is 28.5 Å². The largest absolute Gasteiger partial charge is 0.365 e. The fourth-order valence-corrected chi connectivity index (χ4v) is 5.31. The van der Waals surface area contributed by atoms with Crippen molar-refractivity contribution in [3.63, 3.8) is 0 Å². The van der Waals surface area contributed by atoms with Crippen LogP contribution in [0, 0.1) is 19.7 Å². The van der Waals surface area contributed by atoms with Gasteiger partial charge in [0.2, 0.25) is 0 Å². The molecule has 1 fully saturated rings. The summed E-state index contributed by atoms with van der Waals surface area (Å²) in [4.78, 5) is 21.0. The topological polar surface area (TPSA) is 48.5 Å². The Morgan fingerprint density at radius 1 is 1.03 bits per heavy atom. The second kappa shape index (κ2) is 8.48. The van der Waals surface area contributed by atoms with Crippen LogP contribution in [0.25, 0.3) is 21.3 Å². The standard InChI is InChI=1S/C26H25FN4OS/c1-16-10-17(2)12-18(11-16)15-30-8-9-31(26(30)32)20-5-6-21(22(27)14-20)19-4-7-23-24(13-19)33-25(28-3)29-23/h4-7,10-14H,8-9,15H2,1-3H3,(H,28,29). The lowest BCUT2D eigenvalue weighted by molar-refractivity contribution is 0.218. The number of hydrogen-bond acceptors (Lipinski definition) is 4. The van der Waals surface area contributed by atoms with Crippen LogP contribution in [-0.4, -0.2) is 36.1 Å². The lowest BCUT2D eigenvalue weighted by atomic mass is 10.0. The Kier molecular flexibility index (Phi) is 5.50. The van der Waals surface area contributed by atoms with Crippen molar-refractivity contribution in [2.24, 2.45) is 0 Å². The first-order valence-electron chi connectivity index (χ1n) is 10.9. The van der Waals surface area contributed by atoms with Crippen molar-refractivity contribution in [3.05, 3.63) is 77.1 Å². The van der Waals surface area contributed by atoms with Gasteiger partial charge >= 0.3 is 6.03 Å². The number of hydrogen-bond donors (Lipinski definition) is 1. The predicted octanol–water partition coefficient (Wildman–Crippen LogP) is 6.20. The summed E-state index contributed by atoms with van der Waals surface area (Å²) in [7, 11) is 1.83. The van der Waals surface area contributed by atoms with Crippen molar-refractivity contribution >= 4 is 38.4 Å². The zero-order chi connectivity index (χ0) is 23.1. The van der Waals surface area contributed by atoms with Crippen molar-refractivity contribution < 1.29 is 9.18 Å². The number of urea groups is 1. The molecule has 3 aromatic carbocycles. The van der Waals surface area contributed by atoms with E-state index in [4.69, 9.17) is 0 Å². The number of carbonyl (C=O) groups is 1. The van der Waals surface area contributed by atoms with Crippen molar-refractivity contribution in [1.29, 1.82) is 0 Å². The highest BCUT2D eigenvalue weighted by Crippen LogP contribution is 2.33. The molecule has 1 saturated heterocycles. The number of nitrogens with one attached hydrogen (secondary N) is 1. The van der Waals surface area contributed by atoms with Crippen LogP contribution in [0.1, 0.15) is 16.7 Å². The molecule has 2 amide bonds. The smallest absolute Gasteiger partial charge is 0.324 e. The molecule has 0 saturated carbocycles. The van der Waals surface area contributed by atoms with Gasteiger partial charge in [-0.3, -0.25) is 4.90 Å². The number of nitrogens with zero attached hydrogens (tertiary/aromatic N) is 3. The monoisotopic (exact) mass is 460 g/mol. The number of amides is 2. The zero-order valence-corrected chi connectivity index (χ0v) is 19.7. The highest BCUT2D eigenvalue weighted by Gasteiger charge is 2.30.